The Hall–Kier alpha value is -3.49. The topological polar surface area (TPSA) is 135 Å². The zero-order chi connectivity index (χ0) is 27.8. The molecule has 1 aliphatic rings. The van der Waals surface area contributed by atoms with Gasteiger partial charge in [-0.25, -0.2) is 4.79 Å². The van der Waals surface area contributed by atoms with Gasteiger partial charge in [0, 0.05) is 24.8 Å². The lowest BCUT2D eigenvalue weighted by Crippen LogP contribution is -2.51. The molecule has 0 unspecified atom stereocenters. The zero-order valence-electron chi connectivity index (χ0n) is 20.3. The standard InChI is InChI=1S/C23H25ClF2N4O7S/c1-12(2)36-23(34)29-15(10-27-21(33)17-5-6-18(24)38-17)20(32)28-14-4-3-13(9-16(14)37-22(25)26)30-7-8-35-11-19(30)31/h3-6,9,12,15,22H,7-8,10-11H2,1-2H3,(H,27,33)(H,28,32)(H,29,34)/t15-/m0/s1. The van der Waals surface area contributed by atoms with Crippen molar-refractivity contribution in [3.05, 3.63) is 39.5 Å². The van der Waals surface area contributed by atoms with Gasteiger partial charge in [0.1, 0.15) is 12.6 Å². The molecule has 38 heavy (non-hydrogen) atoms. The number of hydrogen-bond acceptors (Lipinski definition) is 8. The molecule has 3 N–H and O–H groups in total. The predicted octanol–water partition coefficient (Wildman–Crippen LogP) is 3.24. The van der Waals surface area contributed by atoms with E-state index in [1.54, 1.807) is 13.8 Å². The Morgan fingerprint density at radius 1 is 1.21 bits per heavy atom. The van der Waals surface area contributed by atoms with Crippen LogP contribution < -0.4 is 25.6 Å². The fourth-order valence-corrected chi connectivity index (χ4v) is 4.26. The van der Waals surface area contributed by atoms with E-state index in [-0.39, 0.29) is 48.5 Å². The summed E-state index contributed by atoms with van der Waals surface area (Å²) in [5.41, 5.74) is 0.115. The fourth-order valence-electron chi connectivity index (χ4n) is 3.30. The summed E-state index contributed by atoms with van der Waals surface area (Å²) in [6.45, 7) is -0.0766. The van der Waals surface area contributed by atoms with Gasteiger partial charge < -0.3 is 35.1 Å². The molecular formula is C23H25ClF2N4O7S. The first-order valence-electron chi connectivity index (χ1n) is 11.3. The Morgan fingerprint density at radius 3 is 2.61 bits per heavy atom. The second kappa shape index (κ2) is 13.3. The van der Waals surface area contributed by atoms with Crippen LogP contribution in [0.3, 0.4) is 0 Å². The summed E-state index contributed by atoms with van der Waals surface area (Å²) in [5, 5.41) is 7.28. The van der Waals surface area contributed by atoms with Crippen molar-refractivity contribution in [2.75, 3.05) is 36.5 Å². The van der Waals surface area contributed by atoms with E-state index in [0.29, 0.717) is 4.34 Å². The molecule has 0 aliphatic carbocycles. The van der Waals surface area contributed by atoms with Crippen molar-refractivity contribution in [2.45, 2.75) is 32.6 Å². The average Bonchev–Trinajstić information content (AvgIpc) is 3.28. The summed E-state index contributed by atoms with van der Waals surface area (Å²) < 4.78 is 41.3. The molecule has 206 valence electrons. The highest BCUT2D eigenvalue weighted by molar-refractivity contribution is 7.18. The molecule has 1 fully saturated rings. The SMILES string of the molecule is CC(C)OC(=O)N[C@@H](CNC(=O)c1ccc(Cl)s1)C(=O)Nc1ccc(N2CCOCC2=O)cc1OC(F)F. The third-order valence-corrected chi connectivity index (χ3v) is 6.18. The van der Waals surface area contributed by atoms with E-state index in [1.807, 2.05) is 0 Å². The number of rotatable bonds is 10. The minimum atomic E-state index is -3.23. The number of morpholine rings is 1. The van der Waals surface area contributed by atoms with Crippen LogP contribution in [0.1, 0.15) is 23.5 Å². The van der Waals surface area contributed by atoms with Crippen LogP contribution in [0.25, 0.3) is 0 Å². The summed E-state index contributed by atoms with van der Waals surface area (Å²) in [5.74, 6) is -2.18. The number of thiophene rings is 1. The third-order valence-electron chi connectivity index (χ3n) is 4.95. The second-order valence-electron chi connectivity index (χ2n) is 8.11. The monoisotopic (exact) mass is 574 g/mol. The molecule has 1 aromatic carbocycles. The highest BCUT2D eigenvalue weighted by atomic mass is 35.5. The van der Waals surface area contributed by atoms with Crippen molar-refractivity contribution >= 4 is 58.1 Å². The number of carbonyl (C=O) groups excluding carboxylic acids is 4. The lowest BCUT2D eigenvalue weighted by Gasteiger charge is -2.27. The molecule has 1 aliphatic heterocycles. The number of benzene rings is 1. The molecule has 1 saturated heterocycles. The van der Waals surface area contributed by atoms with Crippen molar-refractivity contribution < 1.29 is 42.2 Å². The van der Waals surface area contributed by atoms with Gasteiger partial charge in [-0.1, -0.05) is 11.6 Å². The highest BCUT2D eigenvalue weighted by Gasteiger charge is 2.26. The maximum Gasteiger partial charge on any atom is 0.408 e. The molecular weight excluding hydrogens is 550 g/mol. The largest absolute Gasteiger partial charge is 0.447 e. The summed E-state index contributed by atoms with van der Waals surface area (Å²) in [7, 11) is 0. The predicted molar refractivity (Wildman–Crippen MR) is 135 cm³/mol. The number of nitrogens with one attached hydrogen (secondary N) is 3. The van der Waals surface area contributed by atoms with Crippen LogP contribution in [0, 0.1) is 0 Å². The smallest absolute Gasteiger partial charge is 0.408 e. The second-order valence-corrected chi connectivity index (χ2v) is 9.83. The Labute approximate surface area is 225 Å². The van der Waals surface area contributed by atoms with E-state index >= 15 is 0 Å². The molecule has 0 saturated carbocycles. The Morgan fingerprint density at radius 2 is 1.97 bits per heavy atom. The first-order valence-corrected chi connectivity index (χ1v) is 12.5. The Bertz CT molecular complexity index is 1180. The number of anilines is 2. The third kappa shape index (κ3) is 8.26. The molecule has 1 aromatic heterocycles. The van der Waals surface area contributed by atoms with Gasteiger partial charge in [0.2, 0.25) is 5.91 Å². The Balaban J connectivity index is 1.79. The van der Waals surface area contributed by atoms with Crippen LogP contribution in [-0.2, 0) is 19.1 Å². The summed E-state index contributed by atoms with van der Waals surface area (Å²) in [6, 6.07) is 5.57. The molecule has 15 heteroatoms. The summed E-state index contributed by atoms with van der Waals surface area (Å²) in [4.78, 5) is 51.5. The number of ether oxygens (including phenoxy) is 3. The zero-order valence-corrected chi connectivity index (χ0v) is 21.9. The molecule has 2 aromatic rings. The van der Waals surface area contributed by atoms with E-state index in [9.17, 15) is 28.0 Å². The van der Waals surface area contributed by atoms with Crippen molar-refractivity contribution in [1.29, 1.82) is 0 Å². The van der Waals surface area contributed by atoms with Crippen LogP contribution in [0.15, 0.2) is 30.3 Å². The van der Waals surface area contributed by atoms with Gasteiger partial charge >= 0.3 is 12.7 Å². The van der Waals surface area contributed by atoms with Crippen LogP contribution in [0.4, 0.5) is 25.0 Å². The first-order chi connectivity index (χ1) is 18.0. The number of hydrogen-bond donors (Lipinski definition) is 3. The van der Waals surface area contributed by atoms with E-state index < -0.39 is 42.4 Å². The average molecular weight is 575 g/mol. The van der Waals surface area contributed by atoms with Crippen LogP contribution in [0.2, 0.25) is 4.34 Å². The first kappa shape index (κ1) is 29.1. The van der Waals surface area contributed by atoms with Crippen LogP contribution in [0.5, 0.6) is 5.75 Å². The van der Waals surface area contributed by atoms with Crippen molar-refractivity contribution in [3.8, 4) is 5.75 Å². The van der Waals surface area contributed by atoms with Gasteiger partial charge in [-0.05, 0) is 38.1 Å². The van der Waals surface area contributed by atoms with Gasteiger partial charge in [-0.3, -0.25) is 14.4 Å². The van der Waals surface area contributed by atoms with Gasteiger partial charge in [0.25, 0.3) is 11.8 Å². The number of alkyl halides is 2. The van der Waals surface area contributed by atoms with Gasteiger partial charge in [-0.2, -0.15) is 8.78 Å². The van der Waals surface area contributed by atoms with Gasteiger partial charge in [-0.15, -0.1) is 11.3 Å². The molecule has 11 nitrogen and oxygen atoms in total. The molecule has 2 heterocycles. The number of nitrogens with zero attached hydrogens (tertiary/aromatic N) is 1. The van der Waals surface area contributed by atoms with Gasteiger partial charge in [0.05, 0.1) is 27.6 Å². The molecule has 3 rings (SSSR count). The molecule has 1 atom stereocenters. The van der Waals surface area contributed by atoms with Crippen molar-refractivity contribution in [3.63, 3.8) is 0 Å². The number of halogens is 3. The van der Waals surface area contributed by atoms with Crippen LogP contribution >= 0.6 is 22.9 Å². The van der Waals surface area contributed by atoms with Crippen molar-refractivity contribution in [1.82, 2.24) is 10.6 Å². The lowest BCUT2D eigenvalue weighted by atomic mass is 10.2. The number of amides is 4. The van der Waals surface area contributed by atoms with E-state index in [1.165, 1.54) is 35.2 Å². The van der Waals surface area contributed by atoms with E-state index in [4.69, 9.17) is 21.1 Å². The normalized spacial score (nSPS) is 14.3. The lowest BCUT2D eigenvalue weighted by molar-refractivity contribution is -0.125. The molecule has 0 radical (unpaired) electrons. The quantitative estimate of drug-likeness (QED) is 0.396. The van der Waals surface area contributed by atoms with Crippen LogP contribution in [-0.4, -0.2) is 68.9 Å². The highest BCUT2D eigenvalue weighted by Crippen LogP contribution is 2.32. The molecule has 0 bridgehead atoms. The number of alkyl carbamates (subject to hydrolysis) is 1. The summed E-state index contributed by atoms with van der Waals surface area (Å²) >= 11 is 6.87. The Kier molecular flexibility index (Phi) is 10.2. The molecule has 4 amide bonds. The maximum atomic E-state index is 13.1. The molecule has 0 spiro atoms. The van der Waals surface area contributed by atoms with Crippen molar-refractivity contribution in [2.24, 2.45) is 0 Å². The maximum absolute atomic E-state index is 13.1. The minimum absolute atomic E-state index is 0.153. The van der Waals surface area contributed by atoms with E-state index in [2.05, 4.69) is 20.7 Å². The van der Waals surface area contributed by atoms with E-state index in [0.717, 1.165) is 11.3 Å². The number of carbonyl (C=O) groups is 4. The van der Waals surface area contributed by atoms with Gasteiger partial charge in [0.15, 0.2) is 5.75 Å². The summed E-state index contributed by atoms with van der Waals surface area (Å²) in [6.07, 6.45) is -1.43. The minimum Gasteiger partial charge on any atom is -0.447 e. The fraction of sp³-hybridized carbons (Fsp3) is 0.391.